The molecule has 0 unspecified atom stereocenters. The molecule has 4 heteroatoms. The van der Waals surface area contributed by atoms with Crippen LogP contribution in [0.25, 0.3) is 10.9 Å². The Morgan fingerprint density at radius 2 is 2.07 bits per heavy atom. The second kappa shape index (κ2) is 3.81. The van der Waals surface area contributed by atoms with Gasteiger partial charge in [0.25, 0.3) is 5.56 Å². The maximum atomic E-state index is 11.9. The number of hydrogen-bond donors (Lipinski definition) is 0. The lowest BCUT2D eigenvalue weighted by Crippen LogP contribution is -2.26. The zero-order chi connectivity index (χ0) is 10.8. The van der Waals surface area contributed by atoms with Crippen molar-refractivity contribution in [1.29, 1.82) is 0 Å². The standard InChI is InChI=1S/C11H13N3O/c1-8(2)7-14-11(15)9-5-3-4-6-10(9)12-13-14/h3-6,8H,7H2,1-2H3. The van der Waals surface area contributed by atoms with E-state index in [2.05, 4.69) is 10.3 Å². The molecule has 0 atom stereocenters. The lowest BCUT2D eigenvalue weighted by Gasteiger charge is -2.06. The van der Waals surface area contributed by atoms with Gasteiger partial charge in [-0.2, -0.15) is 0 Å². The van der Waals surface area contributed by atoms with Crippen LogP contribution in [-0.4, -0.2) is 15.0 Å². The molecule has 0 fully saturated rings. The van der Waals surface area contributed by atoms with E-state index in [0.717, 1.165) is 0 Å². The van der Waals surface area contributed by atoms with Crippen molar-refractivity contribution in [2.24, 2.45) is 5.92 Å². The SMILES string of the molecule is CC(C)Cn1nnc2ccccc2c1=O. The Hall–Kier alpha value is -1.71. The molecular weight excluding hydrogens is 190 g/mol. The lowest BCUT2D eigenvalue weighted by atomic mass is 10.2. The summed E-state index contributed by atoms with van der Waals surface area (Å²) >= 11 is 0. The van der Waals surface area contributed by atoms with Crippen molar-refractivity contribution in [3.8, 4) is 0 Å². The van der Waals surface area contributed by atoms with Crippen molar-refractivity contribution in [2.75, 3.05) is 0 Å². The van der Waals surface area contributed by atoms with E-state index in [4.69, 9.17) is 0 Å². The summed E-state index contributed by atoms with van der Waals surface area (Å²) in [6, 6.07) is 7.26. The van der Waals surface area contributed by atoms with Gasteiger partial charge in [0.15, 0.2) is 0 Å². The fourth-order valence-electron chi connectivity index (χ4n) is 1.49. The van der Waals surface area contributed by atoms with Gasteiger partial charge in [-0.1, -0.05) is 31.2 Å². The highest BCUT2D eigenvalue weighted by Gasteiger charge is 2.05. The first-order valence-corrected chi connectivity index (χ1v) is 5.01. The molecule has 0 amide bonds. The van der Waals surface area contributed by atoms with Gasteiger partial charge in [-0.15, -0.1) is 5.10 Å². The van der Waals surface area contributed by atoms with Gasteiger partial charge < -0.3 is 0 Å². The summed E-state index contributed by atoms with van der Waals surface area (Å²) in [5, 5.41) is 8.54. The van der Waals surface area contributed by atoms with Crippen molar-refractivity contribution in [2.45, 2.75) is 20.4 Å². The summed E-state index contributed by atoms with van der Waals surface area (Å²) in [6.45, 7) is 4.70. The summed E-state index contributed by atoms with van der Waals surface area (Å²) in [4.78, 5) is 11.9. The number of benzene rings is 1. The topological polar surface area (TPSA) is 47.8 Å². The van der Waals surface area contributed by atoms with E-state index in [1.165, 1.54) is 4.68 Å². The fourth-order valence-corrected chi connectivity index (χ4v) is 1.49. The minimum Gasteiger partial charge on any atom is -0.267 e. The highest BCUT2D eigenvalue weighted by Crippen LogP contribution is 2.04. The van der Waals surface area contributed by atoms with Crippen LogP contribution < -0.4 is 5.56 Å². The quantitative estimate of drug-likeness (QED) is 0.742. The minimum absolute atomic E-state index is 0.0608. The molecule has 0 radical (unpaired) electrons. The molecule has 0 saturated heterocycles. The Labute approximate surface area is 87.5 Å². The van der Waals surface area contributed by atoms with Crippen molar-refractivity contribution >= 4 is 10.9 Å². The van der Waals surface area contributed by atoms with Crippen molar-refractivity contribution in [1.82, 2.24) is 15.0 Å². The highest BCUT2D eigenvalue weighted by molar-refractivity contribution is 5.76. The van der Waals surface area contributed by atoms with Crippen LogP contribution in [0.2, 0.25) is 0 Å². The smallest absolute Gasteiger partial charge is 0.267 e. The molecule has 2 rings (SSSR count). The van der Waals surface area contributed by atoms with Crippen LogP contribution in [0.5, 0.6) is 0 Å². The first-order chi connectivity index (χ1) is 7.18. The van der Waals surface area contributed by atoms with Gasteiger partial charge in [-0.3, -0.25) is 4.79 Å². The summed E-state index contributed by atoms with van der Waals surface area (Å²) in [7, 11) is 0. The van der Waals surface area contributed by atoms with Crippen molar-refractivity contribution in [3.05, 3.63) is 34.6 Å². The highest BCUT2D eigenvalue weighted by atomic mass is 16.1. The number of aromatic nitrogens is 3. The van der Waals surface area contributed by atoms with Crippen LogP contribution in [-0.2, 0) is 6.54 Å². The van der Waals surface area contributed by atoms with Gasteiger partial charge in [0, 0.05) is 6.54 Å². The van der Waals surface area contributed by atoms with Crippen molar-refractivity contribution in [3.63, 3.8) is 0 Å². The third-order valence-electron chi connectivity index (χ3n) is 2.17. The molecule has 0 bridgehead atoms. The maximum Gasteiger partial charge on any atom is 0.277 e. The number of rotatable bonds is 2. The van der Waals surface area contributed by atoms with Gasteiger partial charge in [-0.25, -0.2) is 4.68 Å². The molecule has 0 aliphatic carbocycles. The Morgan fingerprint density at radius 1 is 1.33 bits per heavy atom. The van der Waals surface area contributed by atoms with Gasteiger partial charge in [0.1, 0.15) is 5.52 Å². The predicted octanol–water partition coefficient (Wildman–Crippen LogP) is 1.45. The number of fused-ring (bicyclic) bond motifs is 1. The van der Waals surface area contributed by atoms with Crippen LogP contribution in [0.15, 0.2) is 29.1 Å². The summed E-state index contributed by atoms with van der Waals surface area (Å²) < 4.78 is 1.42. The molecule has 0 aliphatic heterocycles. The van der Waals surface area contributed by atoms with Gasteiger partial charge >= 0.3 is 0 Å². The van der Waals surface area contributed by atoms with E-state index in [1.54, 1.807) is 12.1 Å². The zero-order valence-corrected chi connectivity index (χ0v) is 8.84. The van der Waals surface area contributed by atoms with Crippen LogP contribution in [0.4, 0.5) is 0 Å². The van der Waals surface area contributed by atoms with Gasteiger partial charge in [-0.05, 0) is 18.1 Å². The van der Waals surface area contributed by atoms with Crippen LogP contribution in [0.1, 0.15) is 13.8 Å². The first-order valence-electron chi connectivity index (χ1n) is 5.01. The summed E-state index contributed by atoms with van der Waals surface area (Å²) in [6.07, 6.45) is 0. The van der Waals surface area contributed by atoms with E-state index in [-0.39, 0.29) is 5.56 Å². The Kier molecular flexibility index (Phi) is 2.49. The molecule has 4 nitrogen and oxygen atoms in total. The van der Waals surface area contributed by atoms with E-state index in [0.29, 0.717) is 23.4 Å². The molecule has 0 aliphatic rings. The number of nitrogens with zero attached hydrogens (tertiary/aromatic N) is 3. The molecule has 1 heterocycles. The second-order valence-electron chi connectivity index (χ2n) is 3.99. The second-order valence-corrected chi connectivity index (χ2v) is 3.99. The summed E-state index contributed by atoms with van der Waals surface area (Å²) in [5.74, 6) is 0.387. The van der Waals surface area contributed by atoms with Crippen LogP contribution in [0, 0.1) is 5.92 Å². The zero-order valence-electron chi connectivity index (χ0n) is 8.84. The predicted molar refractivity (Wildman–Crippen MR) is 58.6 cm³/mol. The molecule has 15 heavy (non-hydrogen) atoms. The number of hydrogen-bond acceptors (Lipinski definition) is 3. The van der Waals surface area contributed by atoms with E-state index in [9.17, 15) is 4.79 Å². The molecule has 0 spiro atoms. The van der Waals surface area contributed by atoms with E-state index in [1.807, 2.05) is 26.0 Å². The maximum absolute atomic E-state index is 11.9. The molecule has 0 N–H and O–H groups in total. The largest absolute Gasteiger partial charge is 0.277 e. The Morgan fingerprint density at radius 3 is 2.80 bits per heavy atom. The van der Waals surface area contributed by atoms with Crippen LogP contribution >= 0.6 is 0 Å². The normalized spacial score (nSPS) is 11.1. The van der Waals surface area contributed by atoms with Gasteiger partial charge in [0.2, 0.25) is 0 Å². The molecule has 78 valence electrons. The Bertz CT molecular complexity index is 531. The fraction of sp³-hybridized carbons (Fsp3) is 0.364. The van der Waals surface area contributed by atoms with Crippen LogP contribution in [0.3, 0.4) is 0 Å². The monoisotopic (exact) mass is 203 g/mol. The third kappa shape index (κ3) is 1.88. The molecule has 2 aromatic rings. The molecule has 1 aromatic heterocycles. The average Bonchev–Trinajstić information content (AvgIpc) is 2.22. The Balaban J connectivity index is 2.60. The average molecular weight is 203 g/mol. The van der Waals surface area contributed by atoms with Crippen molar-refractivity contribution < 1.29 is 0 Å². The van der Waals surface area contributed by atoms with E-state index >= 15 is 0 Å². The molecular formula is C11H13N3O. The summed E-state index contributed by atoms with van der Waals surface area (Å²) in [5.41, 5.74) is 0.594. The molecule has 0 saturated carbocycles. The molecule has 1 aromatic carbocycles. The first kappa shape index (κ1) is 9.83. The lowest BCUT2D eigenvalue weighted by molar-refractivity contribution is 0.450. The van der Waals surface area contributed by atoms with Gasteiger partial charge in [0.05, 0.1) is 5.39 Å². The minimum atomic E-state index is -0.0608. The third-order valence-corrected chi connectivity index (χ3v) is 2.17. The van der Waals surface area contributed by atoms with E-state index < -0.39 is 0 Å².